The van der Waals surface area contributed by atoms with E-state index in [1.54, 1.807) is 0 Å². The average Bonchev–Trinajstić information content (AvgIpc) is 3.41. The number of morpholine rings is 1. The Labute approximate surface area is 148 Å². The number of nitrogens with one attached hydrogen (secondary N) is 2. The van der Waals surface area contributed by atoms with Crippen LogP contribution in [0.25, 0.3) is 0 Å². The number of hydrogen-bond donors (Lipinski definition) is 2. The normalized spacial score (nSPS) is 19.3. The lowest BCUT2D eigenvalue weighted by Gasteiger charge is -2.26. The Kier molecular flexibility index (Phi) is 5.39. The Balaban J connectivity index is 1.53. The molecule has 3 rings (SSSR count). The Morgan fingerprint density at radius 1 is 1.12 bits per heavy atom. The Morgan fingerprint density at radius 3 is 2.36 bits per heavy atom. The van der Waals surface area contributed by atoms with Crippen molar-refractivity contribution < 1.29 is 14.3 Å². The van der Waals surface area contributed by atoms with Crippen LogP contribution in [0.4, 0.5) is 5.69 Å². The molecule has 1 aromatic rings. The lowest BCUT2D eigenvalue weighted by Crippen LogP contribution is -2.45. The third-order valence-electron chi connectivity index (χ3n) is 5.16. The predicted molar refractivity (Wildman–Crippen MR) is 96.5 cm³/mol. The van der Waals surface area contributed by atoms with Crippen molar-refractivity contribution in [1.29, 1.82) is 0 Å². The van der Waals surface area contributed by atoms with E-state index in [1.807, 2.05) is 32.0 Å². The van der Waals surface area contributed by atoms with Gasteiger partial charge >= 0.3 is 0 Å². The zero-order valence-electron chi connectivity index (χ0n) is 15.1. The number of amides is 2. The van der Waals surface area contributed by atoms with E-state index in [0.29, 0.717) is 19.4 Å². The van der Waals surface area contributed by atoms with Gasteiger partial charge in [-0.25, -0.2) is 0 Å². The third-order valence-corrected chi connectivity index (χ3v) is 5.16. The van der Waals surface area contributed by atoms with Crippen molar-refractivity contribution >= 4 is 17.5 Å². The Hall–Kier alpha value is -1.92. The standard InChI is InChI=1S/C19H27N3O3/c1-14-4-3-5-15(2)16(14)21-18(24)19(6-7-19)17(23)20-8-9-22-10-12-25-13-11-22/h3-5H,6-13H2,1-2H3,(H,20,23)(H,21,24). The van der Waals surface area contributed by atoms with Crippen LogP contribution in [0.3, 0.4) is 0 Å². The number of nitrogens with zero attached hydrogens (tertiary/aromatic N) is 1. The van der Waals surface area contributed by atoms with Crippen molar-refractivity contribution in [1.82, 2.24) is 10.2 Å². The summed E-state index contributed by atoms with van der Waals surface area (Å²) in [5, 5.41) is 5.92. The number of rotatable bonds is 6. The number of hydrogen-bond acceptors (Lipinski definition) is 4. The van der Waals surface area contributed by atoms with Gasteiger partial charge in [-0.3, -0.25) is 14.5 Å². The molecule has 2 amide bonds. The number of aryl methyl sites for hydroxylation is 2. The predicted octanol–water partition coefficient (Wildman–Crippen LogP) is 1.47. The highest BCUT2D eigenvalue weighted by Gasteiger charge is 2.56. The number of carbonyl (C=O) groups is 2. The number of para-hydroxylation sites is 1. The summed E-state index contributed by atoms with van der Waals surface area (Å²) in [6.07, 6.45) is 1.24. The molecular formula is C19H27N3O3. The number of ether oxygens (including phenoxy) is 1. The van der Waals surface area contributed by atoms with Crippen molar-refractivity contribution in [3.05, 3.63) is 29.3 Å². The number of carbonyl (C=O) groups excluding carboxylic acids is 2. The monoisotopic (exact) mass is 345 g/mol. The molecule has 136 valence electrons. The van der Waals surface area contributed by atoms with Crippen LogP contribution in [0, 0.1) is 19.3 Å². The maximum absolute atomic E-state index is 12.7. The minimum atomic E-state index is -0.889. The van der Waals surface area contributed by atoms with Crippen LogP contribution < -0.4 is 10.6 Å². The molecule has 6 nitrogen and oxygen atoms in total. The summed E-state index contributed by atoms with van der Waals surface area (Å²) in [5.41, 5.74) is 1.95. The lowest BCUT2D eigenvalue weighted by atomic mass is 10.0. The third kappa shape index (κ3) is 4.02. The van der Waals surface area contributed by atoms with Crippen LogP contribution in [0.5, 0.6) is 0 Å². The zero-order chi connectivity index (χ0) is 17.9. The smallest absolute Gasteiger partial charge is 0.240 e. The maximum Gasteiger partial charge on any atom is 0.240 e. The molecule has 6 heteroatoms. The molecule has 0 spiro atoms. The second kappa shape index (κ2) is 7.54. The van der Waals surface area contributed by atoms with E-state index < -0.39 is 5.41 Å². The van der Waals surface area contributed by atoms with Gasteiger partial charge < -0.3 is 15.4 Å². The molecule has 0 atom stereocenters. The van der Waals surface area contributed by atoms with Gasteiger partial charge in [0.1, 0.15) is 5.41 Å². The van der Waals surface area contributed by atoms with E-state index in [-0.39, 0.29) is 11.8 Å². The van der Waals surface area contributed by atoms with Crippen molar-refractivity contribution in [3.8, 4) is 0 Å². The average molecular weight is 345 g/mol. The minimum absolute atomic E-state index is 0.149. The molecule has 2 fully saturated rings. The van der Waals surface area contributed by atoms with Crippen LogP contribution in [0.1, 0.15) is 24.0 Å². The van der Waals surface area contributed by atoms with Gasteiger partial charge in [0.2, 0.25) is 11.8 Å². The molecule has 1 aliphatic carbocycles. The summed E-state index contributed by atoms with van der Waals surface area (Å²) < 4.78 is 5.32. The molecule has 0 unspecified atom stereocenters. The van der Waals surface area contributed by atoms with Crippen molar-refractivity contribution in [3.63, 3.8) is 0 Å². The highest BCUT2D eigenvalue weighted by Crippen LogP contribution is 2.47. The molecule has 0 aromatic heterocycles. The molecule has 2 N–H and O–H groups in total. The van der Waals surface area contributed by atoms with Gasteiger partial charge in [0, 0.05) is 31.9 Å². The fraction of sp³-hybridized carbons (Fsp3) is 0.579. The summed E-state index contributed by atoms with van der Waals surface area (Å²) >= 11 is 0. The largest absolute Gasteiger partial charge is 0.379 e. The quantitative estimate of drug-likeness (QED) is 0.766. The number of benzene rings is 1. The fourth-order valence-corrected chi connectivity index (χ4v) is 3.25. The van der Waals surface area contributed by atoms with E-state index in [2.05, 4.69) is 15.5 Å². The molecule has 1 saturated heterocycles. The van der Waals surface area contributed by atoms with E-state index >= 15 is 0 Å². The molecule has 0 bridgehead atoms. The van der Waals surface area contributed by atoms with Gasteiger partial charge in [-0.05, 0) is 37.8 Å². The lowest BCUT2D eigenvalue weighted by molar-refractivity contribution is -0.134. The minimum Gasteiger partial charge on any atom is -0.379 e. The van der Waals surface area contributed by atoms with Crippen molar-refractivity contribution in [2.24, 2.45) is 5.41 Å². The van der Waals surface area contributed by atoms with Gasteiger partial charge in [-0.2, -0.15) is 0 Å². The molecule has 1 heterocycles. The van der Waals surface area contributed by atoms with Crippen LogP contribution in [-0.4, -0.2) is 56.1 Å². The van der Waals surface area contributed by atoms with Gasteiger partial charge in [0.05, 0.1) is 13.2 Å². The highest BCUT2D eigenvalue weighted by molar-refractivity contribution is 6.13. The van der Waals surface area contributed by atoms with Gasteiger partial charge in [-0.15, -0.1) is 0 Å². The van der Waals surface area contributed by atoms with Crippen molar-refractivity contribution in [2.45, 2.75) is 26.7 Å². The Bertz CT molecular complexity index is 629. The van der Waals surface area contributed by atoms with Crippen LogP contribution in [-0.2, 0) is 14.3 Å². The van der Waals surface area contributed by atoms with E-state index in [4.69, 9.17) is 4.74 Å². The SMILES string of the molecule is Cc1cccc(C)c1NC(=O)C1(C(=O)NCCN2CCOCC2)CC1. The second-order valence-electron chi connectivity index (χ2n) is 7.01. The van der Waals surface area contributed by atoms with E-state index in [0.717, 1.165) is 49.7 Å². The van der Waals surface area contributed by atoms with Crippen molar-refractivity contribution in [2.75, 3.05) is 44.7 Å². The molecule has 1 saturated carbocycles. The maximum atomic E-state index is 12.7. The molecule has 1 aliphatic heterocycles. The first-order chi connectivity index (χ1) is 12.0. The highest BCUT2D eigenvalue weighted by atomic mass is 16.5. The second-order valence-corrected chi connectivity index (χ2v) is 7.01. The van der Waals surface area contributed by atoms with E-state index in [9.17, 15) is 9.59 Å². The molecule has 2 aliphatic rings. The summed E-state index contributed by atoms with van der Waals surface area (Å²) in [6, 6.07) is 5.89. The van der Waals surface area contributed by atoms with Gasteiger partial charge in [0.15, 0.2) is 0 Å². The summed E-state index contributed by atoms with van der Waals surface area (Å²) in [6.45, 7) is 8.57. The number of anilines is 1. The topological polar surface area (TPSA) is 70.7 Å². The van der Waals surface area contributed by atoms with Crippen LogP contribution in [0.2, 0.25) is 0 Å². The van der Waals surface area contributed by atoms with Gasteiger partial charge in [-0.1, -0.05) is 18.2 Å². The zero-order valence-corrected chi connectivity index (χ0v) is 15.1. The van der Waals surface area contributed by atoms with Crippen LogP contribution >= 0.6 is 0 Å². The first-order valence-corrected chi connectivity index (χ1v) is 8.99. The van der Waals surface area contributed by atoms with Crippen LogP contribution in [0.15, 0.2) is 18.2 Å². The molecule has 1 aromatic carbocycles. The first-order valence-electron chi connectivity index (χ1n) is 8.99. The molecule has 25 heavy (non-hydrogen) atoms. The molecular weight excluding hydrogens is 318 g/mol. The summed E-state index contributed by atoms with van der Waals surface area (Å²) in [4.78, 5) is 27.5. The fourth-order valence-electron chi connectivity index (χ4n) is 3.25. The summed E-state index contributed by atoms with van der Waals surface area (Å²) in [5.74, 6) is -0.335. The van der Waals surface area contributed by atoms with E-state index in [1.165, 1.54) is 0 Å². The van der Waals surface area contributed by atoms with Gasteiger partial charge in [0.25, 0.3) is 0 Å². The molecule has 0 radical (unpaired) electrons. The Morgan fingerprint density at radius 2 is 1.76 bits per heavy atom. The summed E-state index contributed by atoms with van der Waals surface area (Å²) in [7, 11) is 0. The first kappa shape index (κ1) is 17.9.